The molecule has 0 spiro atoms. The molecule has 1 aliphatic heterocycles. The summed E-state index contributed by atoms with van der Waals surface area (Å²) in [7, 11) is 0. The van der Waals surface area contributed by atoms with Crippen molar-refractivity contribution in [3.63, 3.8) is 0 Å². The Labute approximate surface area is 85.7 Å². The molecule has 2 rings (SSSR count). The molecular weight excluding hydrogens is 200 g/mol. The maximum Gasteiger partial charge on any atom is 0.375 e. The summed E-state index contributed by atoms with van der Waals surface area (Å²) in [6.07, 6.45) is 0.675. The second-order valence-corrected chi connectivity index (χ2v) is 3.51. The SMILES string of the molecule is O=C(O)c1nc2n(n1)CC(CCO)CN2. The van der Waals surface area contributed by atoms with Gasteiger partial charge in [0.1, 0.15) is 0 Å². The number of carbonyl (C=O) groups is 1. The quantitative estimate of drug-likeness (QED) is 0.618. The van der Waals surface area contributed by atoms with E-state index in [1.54, 1.807) is 0 Å². The van der Waals surface area contributed by atoms with Gasteiger partial charge in [0.15, 0.2) is 0 Å². The summed E-state index contributed by atoms with van der Waals surface area (Å²) in [6.45, 7) is 1.42. The largest absolute Gasteiger partial charge is 0.475 e. The van der Waals surface area contributed by atoms with E-state index in [2.05, 4.69) is 15.4 Å². The molecule has 15 heavy (non-hydrogen) atoms. The number of aromatic nitrogens is 3. The highest BCUT2D eigenvalue weighted by Crippen LogP contribution is 2.17. The Morgan fingerprint density at radius 1 is 1.67 bits per heavy atom. The van der Waals surface area contributed by atoms with Crippen molar-refractivity contribution in [2.24, 2.45) is 5.92 Å². The minimum atomic E-state index is -1.13. The number of fused-ring (bicyclic) bond motifs is 1. The van der Waals surface area contributed by atoms with Gasteiger partial charge in [-0.2, -0.15) is 4.98 Å². The molecule has 82 valence electrons. The minimum Gasteiger partial charge on any atom is -0.475 e. The van der Waals surface area contributed by atoms with Crippen LogP contribution in [-0.2, 0) is 6.54 Å². The molecule has 0 amide bonds. The highest BCUT2D eigenvalue weighted by Gasteiger charge is 2.22. The van der Waals surface area contributed by atoms with Crippen LogP contribution in [0.15, 0.2) is 0 Å². The number of aliphatic hydroxyl groups is 1. The van der Waals surface area contributed by atoms with Crippen LogP contribution in [0.2, 0.25) is 0 Å². The third-order valence-electron chi connectivity index (χ3n) is 2.38. The van der Waals surface area contributed by atoms with Crippen molar-refractivity contribution in [2.75, 3.05) is 18.5 Å². The van der Waals surface area contributed by atoms with Crippen molar-refractivity contribution in [2.45, 2.75) is 13.0 Å². The van der Waals surface area contributed by atoms with E-state index in [0.29, 0.717) is 25.5 Å². The zero-order valence-corrected chi connectivity index (χ0v) is 8.05. The highest BCUT2D eigenvalue weighted by molar-refractivity contribution is 5.83. The van der Waals surface area contributed by atoms with Crippen LogP contribution in [0.5, 0.6) is 0 Å². The average Bonchev–Trinajstić information content (AvgIpc) is 2.61. The van der Waals surface area contributed by atoms with Gasteiger partial charge < -0.3 is 15.5 Å². The first-order valence-electron chi connectivity index (χ1n) is 4.73. The first-order valence-corrected chi connectivity index (χ1v) is 4.73. The molecule has 0 saturated carbocycles. The average molecular weight is 212 g/mol. The molecule has 3 N–H and O–H groups in total. The van der Waals surface area contributed by atoms with E-state index in [1.807, 2.05) is 0 Å². The van der Waals surface area contributed by atoms with Gasteiger partial charge in [-0.25, -0.2) is 9.48 Å². The Bertz CT molecular complexity index is 376. The number of nitrogens with zero attached hydrogens (tertiary/aromatic N) is 3. The normalized spacial score (nSPS) is 19.4. The number of rotatable bonds is 3. The third-order valence-corrected chi connectivity index (χ3v) is 2.38. The van der Waals surface area contributed by atoms with Gasteiger partial charge in [-0.1, -0.05) is 0 Å². The zero-order chi connectivity index (χ0) is 10.8. The van der Waals surface area contributed by atoms with Crippen LogP contribution in [0.25, 0.3) is 0 Å². The molecule has 0 bridgehead atoms. The summed E-state index contributed by atoms with van der Waals surface area (Å²) in [5.74, 6) is -0.563. The molecule has 7 heteroatoms. The van der Waals surface area contributed by atoms with Gasteiger partial charge in [0.2, 0.25) is 5.95 Å². The van der Waals surface area contributed by atoms with Crippen LogP contribution in [0, 0.1) is 5.92 Å². The minimum absolute atomic E-state index is 0.127. The van der Waals surface area contributed by atoms with Crippen molar-refractivity contribution in [3.05, 3.63) is 5.82 Å². The molecule has 1 aromatic rings. The monoisotopic (exact) mass is 212 g/mol. The number of aliphatic hydroxyl groups excluding tert-OH is 1. The topological polar surface area (TPSA) is 100 Å². The molecule has 0 saturated heterocycles. The Morgan fingerprint density at radius 2 is 2.47 bits per heavy atom. The number of anilines is 1. The van der Waals surface area contributed by atoms with Gasteiger partial charge in [-0.3, -0.25) is 0 Å². The fourth-order valence-electron chi connectivity index (χ4n) is 1.61. The molecular formula is C8H12N4O3. The van der Waals surface area contributed by atoms with E-state index in [9.17, 15) is 4.79 Å². The Kier molecular flexibility index (Phi) is 2.55. The van der Waals surface area contributed by atoms with Gasteiger partial charge in [0, 0.05) is 19.7 Å². The Morgan fingerprint density at radius 3 is 3.13 bits per heavy atom. The molecule has 1 unspecified atom stereocenters. The van der Waals surface area contributed by atoms with Gasteiger partial charge >= 0.3 is 5.97 Å². The van der Waals surface area contributed by atoms with Crippen molar-refractivity contribution in [1.29, 1.82) is 0 Å². The first kappa shape index (κ1) is 9.91. The van der Waals surface area contributed by atoms with Crippen LogP contribution < -0.4 is 5.32 Å². The van der Waals surface area contributed by atoms with Gasteiger partial charge in [0.25, 0.3) is 5.82 Å². The predicted molar refractivity (Wildman–Crippen MR) is 50.7 cm³/mol. The molecule has 1 atom stereocenters. The van der Waals surface area contributed by atoms with Crippen LogP contribution in [0.1, 0.15) is 17.0 Å². The van der Waals surface area contributed by atoms with Crippen LogP contribution in [-0.4, -0.2) is 44.1 Å². The zero-order valence-electron chi connectivity index (χ0n) is 8.05. The lowest BCUT2D eigenvalue weighted by molar-refractivity contribution is 0.0683. The maximum atomic E-state index is 10.6. The third kappa shape index (κ3) is 1.91. The summed E-state index contributed by atoms with van der Waals surface area (Å²) in [5, 5.41) is 24.3. The number of hydrogen-bond donors (Lipinski definition) is 3. The van der Waals surface area contributed by atoms with Crippen molar-refractivity contribution in [3.8, 4) is 0 Å². The predicted octanol–water partition coefficient (Wildman–Crippen LogP) is -0.600. The fourth-order valence-corrected chi connectivity index (χ4v) is 1.61. The number of carboxylic acids is 1. The molecule has 0 aliphatic carbocycles. The standard InChI is InChI=1S/C8H12N4O3/c13-2-1-5-3-9-8-10-6(7(14)15)11-12(8)4-5/h5,13H,1-4H2,(H,14,15)(H,9,10,11). The smallest absolute Gasteiger partial charge is 0.375 e. The van der Waals surface area contributed by atoms with E-state index in [4.69, 9.17) is 10.2 Å². The summed E-state index contributed by atoms with van der Waals surface area (Å²) in [5.41, 5.74) is 0. The number of hydrogen-bond acceptors (Lipinski definition) is 5. The second-order valence-electron chi connectivity index (χ2n) is 3.51. The van der Waals surface area contributed by atoms with E-state index in [-0.39, 0.29) is 18.3 Å². The van der Waals surface area contributed by atoms with Crippen molar-refractivity contribution >= 4 is 11.9 Å². The molecule has 2 heterocycles. The van der Waals surface area contributed by atoms with Gasteiger partial charge in [-0.05, 0) is 12.3 Å². The Balaban J connectivity index is 2.15. The second kappa shape index (κ2) is 3.85. The van der Waals surface area contributed by atoms with Crippen LogP contribution in [0.3, 0.4) is 0 Å². The number of aromatic carboxylic acids is 1. The van der Waals surface area contributed by atoms with Crippen LogP contribution >= 0.6 is 0 Å². The highest BCUT2D eigenvalue weighted by atomic mass is 16.4. The molecule has 7 nitrogen and oxygen atoms in total. The lowest BCUT2D eigenvalue weighted by atomic mass is 10.1. The molecule has 0 fully saturated rings. The van der Waals surface area contributed by atoms with E-state index < -0.39 is 5.97 Å². The molecule has 0 aromatic carbocycles. The first-order chi connectivity index (χ1) is 7.20. The van der Waals surface area contributed by atoms with Crippen molar-refractivity contribution < 1.29 is 15.0 Å². The van der Waals surface area contributed by atoms with Crippen molar-refractivity contribution in [1.82, 2.24) is 14.8 Å². The lowest BCUT2D eigenvalue weighted by Gasteiger charge is -2.22. The Hall–Kier alpha value is -1.63. The van der Waals surface area contributed by atoms with Gasteiger partial charge in [-0.15, -0.1) is 5.10 Å². The van der Waals surface area contributed by atoms with Crippen LogP contribution in [0.4, 0.5) is 5.95 Å². The van der Waals surface area contributed by atoms with Gasteiger partial charge in [0.05, 0.1) is 0 Å². The van der Waals surface area contributed by atoms with E-state index in [1.165, 1.54) is 4.68 Å². The molecule has 1 aromatic heterocycles. The summed E-state index contributed by atoms with van der Waals surface area (Å²) >= 11 is 0. The van der Waals surface area contributed by atoms with E-state index >= 15 is 0 Å². The lowest BCUT2D eigenvalue weighted by Crippen LogP contribution is -2.28. The molecule has 1 aliphatic rings. The summed E-state index contributed by atoms with van der Waals surface area (Å²) in [4.78, 5) is 14.4. The fraction of sp³-hybridized carbons (Fsp3) is 0.625. The summed E-state index contributed by atoms with van der Waals surface area (Å²) < 4.78 is 1.54. The number of nitrogens with one attached hydrogen (secondary N) is 1. The molecule has 0 radical (unpaired) electrons. The number of carboxylic acid groups (broad SMARTS) is 1. The maximum absolute atomic E-state index is 10.6. The summed E-state index contributed by atoms with van der Waals surface area (Å²) in [6, 6.07) is 0. The van der Waals surface area contributed by atoms with E-state index in [0.717, 1.165) is 0 Å².